The molecule has 1 saturated carbocycles. The summed E-state index contributed by atoms with van der Waals surface area (Å²) in [4.78, 5) is 0.469. The molecular weight excluding hydrogens is 216 g/mol. The molecule has 1 aliphatic carbocycles. The lowest BCUT2D eigenvalue weighted by atomic mass is 10.1. The van der Waals surface area contributed by atoms with Crippen LogP contribution in [-0.2, 0) is 0 Å². The van der Waals surface area contributed by atoms with Gasteiger partial charge in [-0.3, -0.25) is 0 Å². The highest BCUT2D eigenvalue weighted by molar-refractivity contribution is 7.80. The van der Waals surface area contributed by atoms with E-state index in [1.165, 1.54) is 18.4 Å². The Morgan fingerprint density at radius 2 is 2.31 bits per heavy atom. The van der Waals surface area contributed by atoms with Crippen molar-refractivity contribution in [3.63, 3.8) is 0 Å². The average molecular weight is 234 g/mol. The molecule has 0 heterocycles. The van der Waals surface area contributed by atoms with Gasteiger partial charge in [-0.2, -0.15) is 0 Å². The van der Waals surface area contributed by atoms with Crippen LogP contribution in [0.1, 0.15) is 30.9 Å². The smallest absolute Gasteiger partial charge is 0.106 e. The summed E-state index contributed by atoms with van der Waals surface area (Å²) >= 11 is 5.06. The zero-order valence-corrected chi connectivity index (χ0v) is 10.6. The van der Waals surface area contributed by atoms with E-state index in [9.17, 15) is 0 Å². The lowest BCUT2D eigenvalue weighted by Gasteiger charge is -2.12. The van der Waals surface area contributed by atoms with Gasteiger partial charge in [-0.1, -0.05) is 31.6 Å². The minimum absolute atomic E-state index is 0.469. The van der Waals surface area contributed by atoms with Crippen molar-refractivity contribution in [1.82, 2.24) is 0 Å². The van der Waals surface area contributed by atoms with E-state index in [-0.39, 0.29) is 0 Å². The fourth-order valence-corrected chi connectivity index (χ4v) is 2.25. The van der Waals surface area contributed by atoms with Crippen LogP contribution in [0.2, 0.25) is 0 Å². The average Bonchev–Trinajstić information content (AvgIpc) is 2.96. The monoisotopic (exact) mass is 234 g/mol. The first-order valence-corrected chi connectivity index (χ1v) is 6.19. The van der Waals surface area contributed by atoms with Gasteiger partial charge in [0, 0.05) is 17.3 Å². The van der Waals surface area contributed by atoms with Crippen molar-refractivity contribution in [3.05, 3.63) is 29.3 Å². The molecule has 2 rings (SSSR count). The number of anilines is 1. The van der Waals surface area contributed by atoms with E-state index in [1.807, 2.05) is 12.1 Å². The number of hydrogen-bond donors (Lipinski definition) is 2. The quantitative estimate of drug-likeness (QED) is 0.787. The molecule has 0 amide bonds. The van der Waals surface area contributed by atoms with Gasteiger partial charge in [0.1, 0.15) is 4.99 Å². The molecule has 1 fully saturated rings. The Balaban J connectivity index is 2.18. The number of benzene rings is 1. The number of aryl methyl sites for hydroxylation is 1. The largest absolute Gasteiger partial charge is 0.389 e. The van der Waals surface area contributed by atoms with Gasteiger partial charge in [0.25, 0.3) is 0 Å². The molecule has 0 spiro atoms. The molecule has 1 aliphatic rings. The summed E-state index contributed by atoms with van der Waals surface area (Å²) < 4.78 is 0. The Bertz CT molecular complexity index is 414. The summed E-state index contributed by atoms with van der Waals surface area (Å²) in [6, 6.07) is 6.78. The second kappa shape index (κ2) is 4.42. The van der Waals surface area contributed by atoms with Crippen LogP contribution in [0.15, 0.2) is 18.2 Å². The van der Waals surface area contributed by atoms with Crippen LogP contribution in [0, 0.1) is 12.8 Å². The summed E-state index contributed by atoms with van der Waals surface area (Å²) in [5.74, 6) is 0.819. The molecule has 16 heavy (non-hydrogen) atoms. The lowest BCUT2D eigenvalue weighted by molar-refractivity contribution is 0.775. The van der Waals surface area contributed by atoms with E-state index in [0.29, 0.717) is 11.0 Å². The second-order valence-corrected chi connectivity index (χ2v) is 5.01. The highest BCUT2D eigenvalue weighted by atomic mass is 32.1. The maximum Gasteiger partial charge on any atom is 0.106 e. The predicted octanol–water partition coefficient (Wildman–Crippen LogP) is 2.84. The number of nitrogens with one attached hydrogen (secondary N) is 1. The van der Waals surface area contributed by atoms with Gasteiger partial charge in [0.15, 0.2) is 0 Å². The summed E-state index contributed by atoms with van der Waals surface area (Å²) in [5.41, 5.74) is 9.00. The maximum atomic E-state index is 5.72. The van der Waals surface area contributed by atoms with E-state index in [1.54, 1.807) is 0 Å². The van der Waals surface area contributed by atoms with Crippen molar-refractivity contribution >= 4 is 22.9 Å². The van der Waals surface area contributed by atoms with Crippen molar-refractivity contribution in [2.75, 3.05) is 5.32 Å². The van der Waals surface area contributed by atoms with E-state index < -0.39 is 0 Å². The van der Waals surface area contributed by atoms with Crippen LogP contribution in [0.5, 0.6) is 0 Å². The van der Waals surface area contributed by atoms with Gasteiger partial charge in [-0.25, -0.2) is 0 Å². The van der Waals surface area contributed by atoms with Crippen molar-refractivity contribution in [2.24, 2.45) is 11.7 Å². The Morgan fingerprint density at radius 3 is 2.88 bits per heavy atom. The number of rotatable bonds is 4. The van der Waals surface area contributed by atoms with Gasteiger partial charge < -0.3 is 11.1 Å². The lowest BCUT2D eigenvalue weighted by Crippen LogP contribution is -2.15. The van der Waals surface area contributed by atoms with Crippen molar-refractivity contribution in [2.45, 2.75) is 32.7 Å². The van der Waals surface area contributed by atoms with Gasteiger partial charge in [0.2, 0.25) is 0 Å². The van der Waals surface area contributed by atoms with Crippen molar-refractivity contribution < 1.29 is 0 Å². The van der Waals surface area contributed by atoms with E-state index >= 15 is 0 Å². The van der Waals surface area contributed by atoms with Gasteiger partial charge in [-0.05, 0) is 37.0 Å². The van der Waals surface area contributed by atoms with Gasteiger partial charge >= 0.3 is 0 Å². The molecule has 1 aromatic carbocycles. The first-order valence-electron chi connectivity index (χ1n) is 5.78. The summed E-state index contributed by atoms with van der Waals surface area (Å²) in [5, 5.41) is 3.54. The zero-order valence-electron chi connectivity index (χ0n) is 9.79. The molecule has 2 nitrogen and oxygen atoms in total. The summed E-state index contributed by atoms with van der Waals surface area (Å²) in [7, 11) is 0. The first-order chi connectivity index (χ1) is 7.61. The Hall–Kier alpha value is -1.09. The molecule has 0 saturated heterocycles. The van der Waals surface area contributed by atoms with Crippen LogP contribution in [0.4, 0.5) is 5.69 Å². The molecule has 0 aliphatic heterocycles. The molecule has 2 atom stereocenters. The van der Waals surface area contributed by atoms with Crippen molar-refractivity contribution in [1.29, 1.82) is 0 Å². The molecule has 0 bridgehead atoms. The SMILES string of the molecule is CCC1CC1Nc1cc(C)ccc1C(N)=S. The maximum absolute atomic E-state index is 5.72. The topological polar surface area (TPSA) is 38.0 Å². The molecule has 3 N–H and O–H groups in total. The summed E-state index contributed by atoms with van der Waals surface area (Å²) in [6.45, 7) is 4.32. The third-order valence-electron chi connectivity index (χ3n) is 3.23. The van der Waals surface area contributed by atoms with Crippen molar-refractivity contribution in [3.8, 4) is 0 Å². The fourth-order valence-electron chi connectivity index (χ4n) is 2.07. The van der Waals surface area contributed by atoms with Gasteiger partial charge in [0.05, 0.1) is 0 Å². The normalized spacial score (nSPS) is 22.9. The van der Waals surface area contributed by atoms with E-state index in [0.717, 1.165) is 17.2 Å². The molecule has 1 aromatic rings. The van der Waals surface area contributed by atoms with E-state index in [2.05, 4.69) is 25.2 Å². The molecule has 3 heteroatoms. The zero-order chi connectivity index (χ0) is 11.7. The highest BCUT2D eigenvalue weighted by Gasteiger charge is 2.35. The van der Waals surface area contributed by atoms with Crippen LogP contribution in [-0.4, -0.2) is 11.0 Å². The molecule has 0 radical (unpaired) electrons. The standard InChI is InChI=1S/C13H18N2S/c1-3-9-7-11(9)15-12-6-8(2)4-5-10(12)13(14)16/h4-6,9,11,15H,3,7H2,1-2H3,(H2,14,16). The Morgan fingerprint density at radius 1 is 1.56 bits per heavy atom. The Labute approximate surface area is 102 Å². The molecule has 2 unspecified atom stereocenters. The van der Waals surface area contributed by atoms with Crippen LogP contribution >= 0.6 is 12.2 Å². The second-order valence-electron chi connectivity index (χ2n) is 4.57. The van der Waals surface area contributed by atoms with Gasteiger partial charge in [-0.15, -0.1) is 0 Å². The molecule has 0 aromatic heterocycles. The first kappa shape index (κ1) is 11.4. The highest BCUT2D eigenvalue weighted by Crippen LogP contribution is 2.36. The van der Waals surface area contributed by atoms with E-state index in [4.69, 9.17) is 18.0 Å². The minimum Gasteiger partial charge on any atom is -0.389 e. The predicted molar refractivity (Wildman–Crippen MR) is 72.9 cm³/mol. The summed E-state index contributed by atoms with van der Waals surface area (Å²) in [6.07, 6.45) is 2.51. The van der Waals surface area contributed by atoms with Crippen LogP contribution in [0.25, 0.3) is 0 Å². The fraction of sp³-hybridized carbons (Fsp3) is 0.462. The van der Waals surface area contributed by atoms with Crippen LogP contribution < -0.4 is 11.1 Å². The minimum atomic E-state index is 0.469. The molecule has 86 valence electrons. The number of hydrogen-bond acceptors (Lipinski definition) is 2. The molecular formula is C13H18N2S. The number of nitrogens with two attached hydrogens (primary N) is 1. The third kappa shape index (κ3) is 2.35. The third-order valence-corrected chi connectivity index (χ3v) is 3.45. The number of thiocarbonyl (C=S) groups is 1. The Kier molecular flexibility index (Phi) is 3.15. The van der Waals surface area contributed by atoms with Crippen LogP contribution in [0.3, 0.4) is 0 Å².